The summed E-state index contributed by atoms with van der Waals surface area (Å²) in [5.74, 6) is 0.263. The van der Waals surface area contributed by atoms with Crippen LogP contribution in [0, 0.1) is 0 Å². The molecule has 0 radical (unpaired) electrons. The van der Waals surface area contributed by atoms with Gasteiger partial charge in [0.15, 0.2) is 0 Å². The molecule has 7 heteroatoms. The van der Waals surface area contributed by atoms with Crippen molar-refractivity contribution < 1.29 is 17.9 Å². The van der Waals surface area contributed by atoms with E-state index in [1.165, 1.54) is 17.5 Å². The van der Waals surface area contributed by atoms with Crippen molar-refractivity contribution in [2.24, 2.45) is 0 Å². The maximum atomic E-state index is 12.8. The van der Waals surface area contributed by atoms with Crippen LogP contribution in [-0.2, 0) is 34.3 Å². The summed E-state index contributed by atoms with van der Waals surface area (Å²) in [6.45, 7) is 2.04. The van der Waals surface area contributed by atoms with Gasteiger partial charge in [-0.25, -0.2) is 8.42 Å². The maximum absolute atomic E-state index is 12.8. The van der Waals surface area contributed by atoms with Crippen molar-refractivity contribution in [1.29, 1.82) is 0 Å². The second-order valence-electron chi connectivity index (χ2n) is 8.71. The van der Waals surface area contributed by atoms with E-state index in [0.717, 1.165) is 34.5 Å². The Labute approximate surface area is 201 Å². The summed E-state index contributed by atoms with van der Waals surface area (Å²) in [5.41, 5.74) is 5.20. The topological polar surface area (TPSA) is 75.7 Å². The summed E-state index contributed by atoms with van der Waals surface area (Å²) in [6, 6.07) is 22.6. The number of hydrogen-bond donors (Lipinski definition) is 1. The van der Waals surface area contributed by atoms with E-state index in [1.807, 2.05) is 43.3 Å². The first-order valence-corrected chi connectivity index (χ1v) is 13.3. The van der Waals surface area contributed by atoms with Crippen LogP contribution < -0.4 is 14.4 Å². The monoisotopic (exact) mass is 478 g/mol. The fraction of sp³-hybridized carbons (Fsp3) is 0.296. The molecular weight excluding hydrogens is 448 g/mol. The summed E-state index contributed by atoms with van der Waals surface area (Å²) in [6.07, 6.45) is 4.44. The molecule has 3 aromatic carbocycles. The number of anilines is 1. The fourth-order valence-electron chi connectivity index (χ4n) is 4.21. The predicted octanol–water partition coefficient (Wildman–Crippen LogP) is 4.40. The van der Waals surface area contributed by atoms with Gasteiger partial charge >= 0.3 is 0 Å². The zero-order chi connectivity index (χ0) is 24.1. The number of nitrogens with zero attached hydrogens (tertiary/aromatic N) is 1. The molecule has 0 heterocycles. The van der Waals surface area contributed by atoms with E-state index in [1.54, 1.807) is 24.3 Å². The molecule has 34 heavy (non-hydrogen) atoms. The molecule has 4 rings (SSSR count). The molecule has 1 aliphatic rings. The summed E-state index contributed by atoms with van der Waals surface area (Å²) < 4.78 is 31.8. The molecule has 178 valence electrons. The molecule has 0 bridgehead atoms. The first-order chi connectivity index (χ1) is 16.3. The van der Waals surface area contributed by atoms with Gasteiger partial charge in [-0.15, -0.1) is 0 Å². The lowest BCUT2D eigenvalue weighted by Crippen LogP contribution is -2.41. The minimum absolute atomic E-state index is 0.214. The van der Waals surface area contributed by atoms with Gasteiger partial charge in [0, 0.05) is 0 Å². The maximum Gasteiger partial charge on any atom is 0.241 e. The van der Waals surface area contributed by atoms with E-state index in [2.05, 4.69) is 17.4 Å². The van der Waals surface area contributed by atoms with Crippen LogP contribution in [-0.4, -0.2) is 27.1 Å². The van der Waals surface area contributed by atoms with Crippen molar-refractivity contribution in [2.75, 3.05) is 17.1 Å². The molecule has 0 fully saturated rings. The van der Waals surface area contributed by atoms with Gasteiger partial charge in [-0.1, -0.05) is 48.5 Å². The SMILES string of the molecule is CC(NC(=O)CN(c1ccc(OCc2ccccc2)cc1)S(C)(=O)=O)c1ccc2c(c1)CCC2. The molecule has 1 unspecified atom stereocenters. The lowest BCUT2D eigenvalue weighted by molar-refractivity contribution is -0.120. The lowest BCUT2D eigenvalue weighted by atomic mass is 10.0. The van der Waals surface area contributed by atoms with Crippen LogP contribution in [0.15, 0.2) is 72.8 Å². The Kier molecular flexibility index (Phi) is 7.22. The molecule has 1 amide bonds. The number of nitrogens with one attached hydrogen (secondary N) is 1. The van der Waals surface area contributed by atoms with E-state index in [0.29, 0.717) is 18.0 Å². The fourth-order valence-corrected chi connectivity index (χ4v) is 5.07. The number of aryl methyl sites for hydroxylation is 2. The van der Waals surface area contributed by atoms with Crippen LogP contribution in [0.5, 0.6) is 5.75 Å². The van der Waals surface area contributed by atoms with E-state index < -0.39 is 10.0 Å². The normalized spacial score (nSPS) is 13.7. The van der Waals surface area contributed by atoms with Crippen molar-refractivity contribution in [3.8, 4) is 5.75 Å². The van der Waals surface area contributed by atoms with Crippen molar-refractivity contribution >= 4 is 21.6 Å². The third kappa shape index (κ3) is 5.97. The molecule has 6 nitrogen and oxygen atoms in total. The van der Waals surface area contributed by atoms with Crippen LogP contribution in [0.3, 0.4) is 0 Å². The number of benzene rings is 3. The average molecular weight is 479 g/mol. The number of ether oxygens (including phenoxy) is 1. The molecule has 0 aliphatic heterocycles. The average Bonchev–Trinajstić information content (AvgIpc) is 3.29. The number of hydrogen-bond acceptors (Lipinski definition) is 4. The molecule has 1 aliphatic carbocycles. The first-order valence-electron chi connectivity index (χ1n) is 11.4. The standard InChI is InChI=1S/C27H30N2O4S/c1-20(23-12-11-22-9-6-10-24(22)17-23)28-27(30)18-29(34(2,31)32)25-13-15-26(16-14-25)33-19-21-7-4-3-5-8-21/h3-5,7-8,11-17,20H,6,9-10,18-19H2,1-2H3,(H,28,30). The number of rotatable bonds is 9. The number of sulfonamides is 1. The quantitative estimate of drug-likeness (QED) is 0.495. The lowest BCUT2D eigenvalue weighted by Gasteiger charge is -2.23. The minimum Gasteiger partial charge on any atom is -0.489 e. The van der Waals surface area contributed by atoms with Crippen LogP contribution in [0.2, 0.25) is 0 Å². The molecule has 3 aromatic rings. The molecule has 0 aromatic heterocycles. The summed E-state index contributed by atoms with van der Waals surface area (Å²) >= 11 is 0. The van der Waals surface area contributed by atoms with Gasteiger partial charge in [0.2, 0.25) is 15.9 Å². The molecule has 0 spiro atoms. The molecule has 1 N–H and O–H groups in total. The van der Waals surface area contributed by atoms with Crippen LogP contribution in [0.4, 0.5) is 5.69 Å². The van der Waals surface area contributed by atoms with E-state index >= 15 is 0 Å². The van der Waals surface area contributed by atoms with Gasteiger partial charge in [0.25, 0.3) is 0 Å². The first kappa shape index (κ1) is 23.8. The summed E-state index contributed by atoms with van der Waals surface area (Å²) in [7, 11) is -3.66. The van der Waals surface area contributed by atoms with Crippen LogP contribution in [0.25, 0.3) is 0 Å². The second kappa shape index (κ2) is 10.3. The van der Waals surface area contributed by atoms with Gasteiger partial charge in [0.05, 0.1) is 18.0 Å². The van der Waals surface area contributed by atoms with Crippen molar-refractivity contribution in [3.05, 3.63) is 95.1 Å². The van der Waals surface area contributed by atoms with E-state index in [4.69, 9.17) is 4.74 Å². The third-order valence-corrected chi connectivity index (χ3v) is 7.20. The van der Waals surface area contributed by atoms with Gasteiger partial charge in [0.1, 0.15) is 18.9 Å². The van der Waals surface area contributed by atoms with Crippen molar-refractivity contribution in [1.82, 2.24) is 5.32 Å². The Morgan fingerprint density at radius 2 is 1.71 bits per heavy atom. The van der Waals surface area contributed by atoms with Gasteiger partial charge in [-0.3, -0.25) is 9.10 Å². The predicted molar refractivity (Wildman–Crippen MR) is 134 cm³/mol. The van der Waals surface area contributed by atoms with Gasteiger partial charge in [-0.2, -0.15) is 0 Å². The molecule has 0 saturated carbocycles. The molecular formula is C27H30N2O4S. The molecule has 0 saturated heterocycles. The smallest absolute Gasteiger partial charge is 0.241 e. The highest BCUT2D eigenvalue weighted by atomic mass is 32.2. The van der Waals surface area contributed by atoms with Crippen LogP contribution in [0.1, 0.15) is 41.6 Å². The minimum atomic E-state index is -3.66. The number of fused-ring (bicyclic) bond motifs is 1. The highest BCUT2D eigenvalue weighted by Gasteiger charge is 2.22. The van der Waals surface area contributed by atoms with Gasteiger partial charge < -0.3 is 10.1 Å². The second-order valence-corrected chi connectivity index (χ2v) is 10.6. The zero-order valence-corrected chi connectivity index (χ0v) is 20.3. The summed E-state index contributed by atoms with van der Waals surface area (Å²) in [5, 5.41) is 2.94. The van der Waals surface area contributed by atoms with Crippen LogP contribution >= 0.6 is 0 Å². The van der Waals surface area contributed by atoms with E-state index in [-0.39, 0.29) is 18.5 Å². The zero-order valence-electron chi connectivity index (χ0n) is 19.5. The van der Waals surface area contributed by atoms with Gasteiger partial charge in [-0.05, 0) is 72.7 Å². The van der Waals surface area contributed by atoms with Crippen molar-refractivity contribution in [2.45, 2.75) is 38.8 Å². The highest BCUT2D eigenvalue weighted by molar-refractivity contribution is 7.92. The Hall–Kier alpha value is -3.32. The number of carbonyl (C=O) groups is 1. The largest absolute Gasteiger partial charge is 0.489 e. The van der Waals surface area contributed by atoms with E-state index in [9.17, 15) is 13.2 Å². The number of amides is 1. The third-order valence-electron chi connectivity index (χ3n) is 6.06. The Bertz CT molecular complexity index is 1240. The summed E-state index contributed by atoms with van der Waals surface area (Å²) in [4.78, 5) is 12.8. The Morgan fingerprint density at radius 3 is 2.41 bits per heavy atom. The number of carbonyl (C=O) groups excluding carboxylic acids is 1. The molecule has 1 atom stereocenters. The van der Waals surface area contributed by atoms with Crippen molar-refractivity contribution in [3.63, 3.8) is 0 Å². The highest BCUT2D eigenvalue weighted by Crippen LogP contribution is 2.26. The Balaban J connectivity index is 1.40. The Morgan fingerprint density at radius 1 is 1.00 bits per heavy atom.